The number of hydrazine groups is 2. The zero-order valence-corrected chi connectivity index (χ0v) is 16.4. The summed E-state index contributed by atoms with van der Waals surface area (Å²) in [6.07, 6.45) is 1.90. The van der Waals surface area contributed by atoms with E-state index in [1.54, 1.807) is 0 Å². The molecule has 1 aromatic heterocycles. The van der Waals surface area contributed by atoms with E-state index in [2.05, 4.69) is 84.5 Å². The summed E-state index contributed by atoms with van der Waals surface area (Å²) in [6.45, 7) is 6.94. The van der Waals surface area contributed by atoms with Crippen LogP contribution in [0.2, 0.25) is 0 Å². The van der Waals surface area contributed by atoms with E-state index in [1.165, 1.54) is 22.3 Å². The Kier molecular flexibility index (Phi) is 4.55. The van der Waals surface area contributed by atoms with Crippen molar-refractivity contribution in [3.63, 3.8) is 0 Å². The van der Waals surface area contributed by atoms with E-state index in [4.69, 9.17) is 12.2 Å². The number of nitrogens with one attached hydrogen (secondary N) is 3. The number of rotatable bonds is 4. The Morgan fingerprint density at radius 3 is 2.63 bits per heavy atom. The van der Waals surface area contributed by atoms with Gasteiger partial charge in [-0.25, -0.2) is 10.2 Å². The molecule has 7 heteroatoms. The summed E-state index contributed by atoms with van der Waals surface area (Å²) in [5.74, 6) is 0.765. The molecule has 6 nitrogen and oxygen atoms in total. The molecule has 0 radical (unpaired) electrons. The van der Waals surface area contributed by atoms with Gasteiger partial charge in [0.15, 0.2) is 5.84 Å². The molecule has 4 rings (SSSR count). The zero-order valence-electron chi connectivity index (χ0n) is 15.6. The van der Waals surface area contributed by atoms with Crippen molar-refractivity contribution < 1.29 is 0 Å². The van der Waals surface area contributed by atoms with Crippen LogP contribution in [-0.4, -0.2) is 20.6 Å². The van der Waals surface area contributed by atoms with Crippen molar-refractivity contribution in [2.75, 3.05) is 0 Å². The summed E-state index contributed by atoms with van der Waals surface area (Å²) in [4.78, 5) is 0. The number of aryl methyl sites for hydroxylation is 3. The van der Waals surface area contributed by atoms with Gasteiger partial charge in [0, 0.05) is 6.20 Å². The summed E-state index contributed by atoms with van der Waals surface area (Å²) in [7, 11) is 0. The molecule has 3 aromatic rings. The van der Waals surface area contributed by atoms with Crippen LogP contribution in [0.4, 0.5) is 0 Å². The SMILES string of the molecule is Cc1cccc(CN2NNN=C2c2c[nH]n(-c3ccc(C)cc3C)c2=S)c1. The van der Waals surface area contributed by atoms with Gasteiger partial charge in [0.05, 0.1) is 17.8 Å². The number of hydrogen-bond donors (Lipinski definition) is 3. The molecule has 0 unspecified atom stereocenters. The first-order valence-corrected chi connectivity index (χ1v) is 9.23. The van der Waals surface area contributed by atoms with Crippen LogP contribution < -0.4 is 11.1 Å². The second-order valence-corrected chi connectivity index (χ2v) is 7.24. The van der Waals surface area contributed by atoms with E-state index >= 15 is 0 Å². The van der Waals surface area contributed by atoms with Gasteiger partial charge in [0.1, 0.15) is 4.64 Å². The number of aromatic amines is 1. The van der Waals surface area contributed by atoms with Crippen LogP contribution in [-0.2, 0) is 6.54 Å². The second kappa shape index (κ2) is 7.02. The first kappa shape index (κ1) is 17.5. The third kappa shape index (κ3) is 3.39. The van der Waals surface area contributed by atoms with Crippen molar-refractivity contribution >= 4 is 18.1 Å². The lowest BCUT2D eigenvalue weighted by Crippen LogP contribution is -2.40. The molecule has 1 aliphatic rings. The van der Waals surface area contributed by atoms with E-state index in [-0.39, 0.29) is 0 Å². The van der Waals surface area contributed by atoms with Crippen LogP contribution in [0.5, 0.6) is 0 Å². The van der Waals surface area contributed by atoms with Crippen LogP contribution in [0, 0.1) is 25.4 Å². The molecule has 2 heterocycles. The van der Waals surface area contributed by atoms with Crippen molar-refractivity contribution in [2.24, 2.45) is 5.10 Å². The fourth-order valence-corrected chi connectivity index (χ4v) is 3.63. The lowest BCUT2D eigenvalue weighted by atomic mass is 10.1. The normalized spacial score (nSPS) is 13.6. The van der Waals surface area contributed by atoms with Gasteiger partial charge in [-0.2, -0.15) is 0 Å². The first-order valence-electron chi connectivity index (χ1n) is 8.83. The Morgan fingerprint density at radius 2 is 1.85 bits per heavy atom. The lowest BCUT2D eigenvalue weighted by molar-refractivity contribution is 0.288. The Balaban J connectivity index is 1.65. The molecule has 0 fully saturated rings. The average Bonchev–Trinajstić information content (AvgIpc) is 3.22. The van der Waals surface area contributed by atoms with Crippen molar-refractivity contribution in [3.05, 3.63) is 81.1 Å². The summed E-state index contributed by atoms with van der Waals surface area (Å²) >= 11 is 5.74. The summed E-state index contributed by atoms with van der Waals surface area (Å²) in [5, 5.41) is 9.62. The molecule has 0 spiro atoms. The Bertz CT molecular complexity index is 1080. The van der Waals surface area contributed by atoms with Gasteiger partial charge in [0.25, 0.3) is 0 Å². The highest BCUT2D eigenvalue weighted by atomic mass is 32.1. The number of aromatic nitrogens is 2. The van der Waals surface area contributed by atoms with Gasteiger partial charge in [-0.3, -0.25) is 10.1 Å². The molecule has 0 atom stereocenters. The molecule has 0 bridgehead atoms. The van der Waals surface area contributed by atoms with Crippen LogP contribution >= 0.6 is 12.2 Å². The molecular formula is C20H22N6S. The third-order valence-electron chi connectivity index (χ3n) is 4.63. The maximum atomic E-state index is 5.74. The first-order chi connectivity index (χ1) is 13.0. The predicted octanol–water partition coefficient (Wildman–Crippen LogP) is 3.65. The van der Waals surface area contributed by atoms with Gasteiger partial charge < -0.3 is 0 Å². The van der Waals surface area contributed by atoms with E-state index in [0.29, 0.717) is 11.2 Å². The smallest absolute Gasteiger partial charge is 0.177 e. The number of nitrogens with zero attached hydrogens (tertiary/aromatic N) is 3. The Morgan fingerprint density at radius 1 is 1.04 bits per heavy atom. The van der Waals surface area contributed by atoms with Crippen LogP contribution in [0.3, 0.4) is 0 Å². The monoisotopic (exact) mass is 378 g/mol. The highest BCUT2D eigenvalue weighted by molar-refractivity contribution is 7.71. The van der Waals surface area contributed by atoms with E-state index in [1.807, 2.05) is 15.9 Å². The third-order valence-corrected chi connectivity index (χ3v) is 5.03. The van der Waals surface area contributed by atoms with Gasteiger partial charge in [-0.1, -0.05) is 59.7 Å². The molecule has 27 heavy (non-hydrogen) atoms. The summed E-state index contributed by atoms with van der Waals surface area (Å²) in [6, 6.07) is 14.7. The predicted molar refractivity (Wildman–Crippen MR) is 110 cm³/mol. The van der Waals surface area contributed by atoms with E-state index in [9.17, 15) is 0 Å². The second-order valence-electron chi connectivity index (χ2n) is 6.85. The number of hydrazone groups is 1. The topological polar surface area (TPSA) is 60.4 Å². The largest absolute Gasteiger partial charge is 0.299 e. The van der Waals surface area contributed by atoms with Crippen LogP contribution in [0.1, 0.15) is 27.8 Å². The quantitative estimate of drug-likeness (QED) is 0.607. The maximum Gasteiger partial charge on any atom is 0.177 e. The minimum absolute atomic E-state index is 0.678. The van der Waals surface area contributed by atoms with Gasteiger partial charge in [-0.15, -0.1) is 10.6 Å². The molecule has 0 aliphatic carbocycles. The highest BCUT2D eigenvalue weighted by Crippen LogP contribution is 2.19. The molecule has 2 aromatic carbocycles. The standard InChI is InChI=1S/C20H22N6S/c1-13-5-4-6-16(10-13)12-25-19(22-23-24-25)17-11-21-26(20(17)27)18-8-7-14(2)9-15(18)3/h4-11,21,23-24H,12H2,1-3H3. The van der Waals surface area contributed by atoms with Crippen molar-refractivity contribution in [3.8, 4) is 5.69 Å². The number of hydrogen-bond acceptors (Lipinski definition) is 5. The van der Waals surface area contributed by atoms with Gasteiger partial charge >= 0.3 is 0 Å². The van der Waals surface area contributed by atoms with Gasteiger partial charge in [0.2, 0.25) is 0 Å². The average molecular weight is 379 g/mol. The molecule has 0 saturated heterocycles. The fraction of sp³-hybridized carbons (Fsp3) is 0.200. The molecule has 1 aliphatic heterocycles. The van der Waals surface area contributed by atoms with E-state index in [0.717, 1.165) is 17.1 Å². The highest BCUT2D eigenvalue weighted by Gasteiger charge is 2.22. The summed E-state index contributed by atoms with van der Waals surface area (Å²) < 4.78 is 2.62. The Hall–Kier alpha value is -2.90. The number of benzene rings is 2. The fourth-order valence-electron chi connectivity index (χ4n) is 3.33. The summed E-state index contributed by atoms with van der Waals surface area (Å²) in [5.41, 5.74) is 12.7. The van der Waals surface area contributed by atoms with Crippen LogP contribution in [0.15, 0.2) is 53.8 Å². The Labute approximate surface area is 163 Å². The molecule has 0 saturated carbocycles. The van der Waals surface area contributed by atoms with Crippen molar-refractivity contribution in [2.45, 2.75) is 27.3 Å². The van der Waals surface area contributed by atoms with Crippen molar-refractivity contribution in [1.82, 2.24) is 25.9 Å². The van der Waals surface area contributed by atoms with E-state index < -0.39 is 0 Å². The van der Waals surface area contributed by atoms with Crippen LogP contribution in [0.25, 0.3) is 5.69 Å². The molecule has 0 amide bonds. The lowest BCUT2D eigenvalue weighted by Gasteiger charge is -2.18. The van der Waals surface area contributed by atoms with Crippen molar-refractivity contribution in [1.29, 1.82) is 0 Å². The zero-order chi connectivity index (χ0) is 19.0. The molecule has 3 N–H and O–H groups in total. The number of H-pyrrole nitrogens is 1. The number of amidine groups is 1. The molecule has 138 valence electrons. The minimum Gasteiger partial charge on any atom is -0.299 e. The minimum atomic E-state index is 0.678. The maximum absolute atomic E-state index is 5.74. The molecular weight excluding hydrogens is 356 g/mol. The van der Waals surface area contributed by atoms with Gasteiger partial charge in [-0.05, 0) is 38.0 Å².